The first-order valence-electron chi connectivity index (χ1n) is 5.35. The molecule has 86 valence electrons. The molecule has 1 aromatic carbocycles. The Balaban J connectivity index is 2.27. The second-order valence-corrected chi connectivity index (χ2v) is 4.97. The molecule has 0 N–H and O–H groups in total. The number of rotatable bonds is 1. The Morgan fingerprint density at radius 3 is 2.88 bits per heavy atom. The van der Waals surface area contributed by atoms with Gasteiger partial charge < -0.3 is 4.90 Å². The van der Waals surface area contributed by atoms with Gasteiger partial charge in [-0.1, -0.05) is 0 Å². The van der Waals surface area contributed by atoms with Gasteiger partial charge in [0.25, 0.3) is 5.91 Å². The van der Waals surface area contributed by atoms with Gasteiger partial charge in [0.2, 0.25) is 0 Å². The highest BCUT2D eigenvalue weighted by atomic mass is 79.9. The molecule has 0 radical (unpaired) electrons. The van der Waals surface area contributed by atoms with Crippen molar-refractivity contribution in [3.63, 3.8) is 0 Å². The first-order valence-corrected chi connectivity index (χ1v) is 6.15. The molecule has 0 aliphatic carbocycles. The average molecular weight is 286 g/mol. The van der Waals surface area contributed by atoms with Crippen molar-refractivity contribution in [3.8, 4) is 0 Å². The summed E-state index contributed by atoms with van der Waals surface area (Å²) in [6.45, 7) is 2.84. The van der Waals surface area contributed by atoms with Gasteiger partial charge in [0.1, 0.15) is 5.82 Å². The minimum Gasteiger partial charge on any atom is -0.336 e. The summed E-state index contributed by atoms with van der Waals surface area (Å²) >= 11 is 3.23. The number of carbonyl (C=O) groups is 1. The van der Waals surface area contributed by atoms with E-state index in [0.29, 0.717) is 10.0 Å². The molecule has 1 aliphatic rings. The maximum atomic E-state index is 12.9. The van der Waals surface area contributed by atoms with Crippen molar-refractivity contribution in [3.05, 3.63) is 34.1 Å². The average Bonchev–Trinajstić information content (AvgIpc) is 2.63. The Labute approximate surface area is 103 Å². The van der Waals surface area contributed by atoms with Gasteiger partial charge in [-0.25, -0.2) is 4.39 Å². The van der Waals surface area contributed by atoms with Crippen molar-refractivity contribution in [2.45, 2.75) is 25.8 Å². The lowest BCUT2D eigenvalue weighted by Gasteiger charge is -2.21. The van der Waals surface area contributed by atoms with Gasteiger partial charge in [0.05, 0.1) is 5.56 Å². The molecule has 0 aromatic heterocycles. The van der Waals surface area contributed by atoms with Crippen LogP contribution in [-0.2, 0) is 0 Å². The second-order valence-electron chi connectivity index (χ2n) is 4.11. The smallest absolute Gasteiger partial charge is 0.255 e. The molecule has 1 aliphatic heterocycles. The van der Waals surface area contributed by atoms with Crippen molar-refractivity contribution in [2.75, 3.05) is 6.54 Å². The molecule has 1 heterocycles. The zero-order chi connectivity index (χ0) is 11.7. The maximum Gasteiger partial charge on any atom is 0.255 e. The van der Waals surface area contributed by atoms with E-state index in [1.165, 1.54) is 18.2 Å². The van der Waals surface area contributed by atoms with Crippen LogP contribution >= 0.6 is 15.9 Å². The first-order chi connectivity index (χ1) is 7.59. The normalized spacial score (nSPS) is 20.2. The summed E-state index contributed by atoms with van der Waals surface area (Å²) in [4.78, 5) is 14.0. The van der Waals surface area contributed by atoms with E-state index < -0.39 is 0 Å². The van der Waals surface area contributed by atoms with Crippen LogP contribution in [0.15, 0.2) is 22.7 Å². The van der Waals surface area contributed by atoms with E-state index in [9.17, 15) is 9.18 Å². The van der Waals surface area contributed by atoms with Gasteiger partial charge in [-0.2, -0.15) is 0 Å². The highest BCUT2D eigenvalue weighted by molar-refractivity contribution is 9.10. The first kappa shape index (κ1) is 11.6. The third-order valence-electron chi connectivity index (χ3n) is 2.98. The molecule has 0 saturated carbocycles. The third-order valence-corrected chi connectivity index (χ3v) is 3.63. The maximum absolute atomic E-state index is 12.9. The standard InChI is InChI=1S/C12H13BrFNO/c1-8-3-2-6-15(8)12(16)10-5-4-9(14)7-11(10)13/h4-5,7-8H,2-3,6H2,1H3. The Bertz CT molecular complexity index is 421. The fourth-order valence-electron chi connectivity index (χ4n) is 2.05. The van der Waals surface area contributed by atoms with Crippen LogP contribution in [0.3, 0.4) is 0 Å². The van der Waals surface area contributed by atoms with Gasteiger partial charge in [-0.3, -0.25) is 4.79 Å². The summed E-state index contributed by atoms with van der Waals surface area (Å²) < 4.78 is 13.4. The minimum absolute atomic E-state index is 0.0168. The molecule has 1 amide bonds. The van der Waals surface area contributed by atoms with Crippen LogP contribution in [-0.4, -0.2) is 23.4 Å². The minimum atomic E-state index is -0.335. The van der Waals surface area contributed by atoms with E-state index in [4.69, 9.17) is 0 Å². The summed E-state index contributed by atoms with van der Waals surface area (Å²) in [5, 5.41) is 0. The van der Waals surface area contributed by atoms with Crippen LogP contribution in [0.5, 0.6) is 0 Å². The third kappa shape index (κ3) is 2.12. The summed E-state index contributed by atoms with van der Waals surface area (Å²) in [6, 6.07) is 4.46. The molecular weight excluding hydrogens is 273 g/mol. The molecular formula is C12H13BrFNO. The molecule has 2 rings (SSSR count). The van der Waals surface area contributed by atoms with Crippen molar-refractivity contribution in [2.24, 2.45) is 0 Å². The monoisotopic (exact) mass is 285 g/mol. The number of benzene rings is 1. The largest absolute Gasteiger partial charge is 0.336 e. The fraction of sp³-hybridized carbons (Fsp3) is 0.417. The number of halogens is 2. The van der Waals surface area contributed by atoms with Crippen molar-refractivity contribution in [1.29, 1.82) is 0 Å². The highest BCUT2D eigenvalue weighted by Gasteiger charge is 2.27. The van der Waals surface area contributed by atoms with Gasteiger partial charge in [0.15, 0.2) is 0 Å². The van der Waals surface area contributed by atoms with E-state index in [1.807, 2.05) is 11.8 Å². The van der Waals surface area contributed by atoms with E-state index in [1.54, 1.807) is 0 Å². The van der Waals surface area contributed by atoms with Crippen LogP contribution in [0.25, 0.3) is 0 Å². The predicted molar refractivity (Wildman–Crippen MR) is 63.8 cm³/mol. The van der Waals surface area contributed by atoms with E-state index in [0.717, 1.165) is 19.4 Å². The number of carbonyl (C=O) groups excluding carboxylic acids is 1. The van der Waals surface area contributed by atoms with E-state index >= 15 is 0 Å². The van der Waals surface area contributed by atoms with Crippen LogP contribution in [0.1, 0.15) is 30.1 Å². The van der Waals surface area contributed by atoms with Gasteiger partial charge in [0, 0.05) is 17.1 Å². The number of hydrogen-bond donors (Lipinski definition) is 0. The van der Waals surface area contributed by atoms with Crippen LogP contribution in [0.2, 0.25) is 0 Å². The van der Waals surface area contributed by atoms with Crippen LogP contribution < -0.4 is 0 Å². The Hall–Kier alpha value is -0.900. The summed E-state index contributed by atoms with van der Waals surface area (Å²) in [6.07, 6.45) is 2.09. The molecule has 2 nitrogen and oxygen atoms in total. The molecule has 1 fully saturated rings. The molecule has 4 heteroatoms. The topological polar surface area (TPSA) is 20.3 Å². The Morgan fingerprint density at radius 2 is 2.31 bits per heavy atom. The highest BCUT2D eigenvalue weighted by Crippen LogP contribution is 2.24. The molecule has 1 saturated heterocycles. The van der Waals surface area contributed by atoms with E-state index in [-0.39, 0.29) is 17.8 Å². The SMILES string of the molecule is CC1CCCN1C(=O)c1ccc(F)cc1Br. The molecule has 1 aromatic rings. The van der Waals surface area contributed by atoms with Gasteiger partial charge in [-0.05, 0) is 53.9 Å². The lowest BCUT2D eigenvalue weighted by Crippen LogP contribution is -2.33. The molecule has 16 heavy (non-hydrogen) atoms. The molecule has 0 bridgehead atoms. The van der Waals surface area contributed by atoms with E-state index in [2.05, 4.69) is 15.9 Å². The van der Waals surface area contributed by atoms with Crippen LogP contribution in [0, 0.1) is 5.82 Å². The van der Waals surface area contributed by atoms with Gasteiger partial charge >= 0.3 is 0 Å². The van der Waals surface area contributed by atoms with Crippen molar-refractivity contribution >= 4 is 21.8 Å². The number of likely N-dealkylation sites (tertiary alicyclic amines) is 1. The number of nitrogens with zero attached hydrogens (tertiary/aromatic N) is 1. The Morgan fingerprint density at radius 1 is 1.56 bits per heavy atom. The number of amides is 1. The second kappa shape index (κ2) is 4.53. The molecule has 0 spiro atoms. The zero-order valence-corrected chi connectivity index (χ0v) is 10.6. The lowest BCUT2D eigenvalue weighted by atomic mass is 10.2. The lowest BCUT2D eigenvalue weighted by molar-refractivity contribution is 0.0746. The predicted octanol–water partition coefficient (Wildman–Crippen LogP) is 3.21. The Kier molecular flexibility index (Phi) is 3.28. The van der Waals surface area contributed by atoms with Crippen LogP contribution in [0.4, 0.5) is 4.39 Å². The number of hydrogen-bond acceptors (Lipinski definition) is 1. The quantitative estimate of drug-likeness (QED) is 0.776. The molecule has 1 unspecified atom stereocenters. The van der Waals surface area contributed by atoms with Crippen molar-refractivity contribution < 1.29 is 9.18 Å². The summed E-state index contributed by atoms with van der Waals surface area (Å²) in [5.41, 5.74) is 0.537. The fourth-order valence-corrected chi connectivity index (χ4v) is 2.57. The zero-order valence-electron chi connectivity index (χ0n) is 9.04. The van der Waals surface area contributed by atoms with Crippen molar-refractivity contribution in [1.82, 2.24) is 4.90 Å². The molecule has 1 atom stereocenters. The van der Waals surface area contributed by atoms with Gasteiger partial charge in [-0.15, -0.1) is 0 Å². The summed E-state index contributed by atoms with van der Waals surface area (Å²) in [7, 11) is 0. The summed E-state index contributed by atoms with van der Waals surface area (Å²) in [5.74, 6) is -0.352.